The summed E-state index contributed by atoms with van der Waals surface area (Å²) in [5.74, 6) is -2.52. The monoisotopic (exact) mass is 417 g/mol. The molecule has 1 aliphatic rings. The molecular weight excluding hydrogens is 402 g/mol. The fourth-order valence-corrected chi connectivity index (χ4v) is 3.14. The molecule has 0 radical (unpaired) electrons. The summed E-state index contributed by atoms with van der Waals surface area (Å²) in [6, 6.07) is -2.16. The van der Waals surface area contributed by atoms with Crippen LogP contribution >= 0.6 is 22.9 Å². The molecule has 27 heavy (non-hydrogen) atoms. The molecule has 0 unspecified atom stereocenters. The minimum absolute atomic E-state index is 0.0273. The quantitative estimate of drug-likeness (QED) is 0.237. The molecule has 11 nitrogen and oxygen atoms in total. The normalized spacial score (nSPS) is 18.8. The highest BCUT2D eigenvalue weighted by atomic mass is 35.5. The third kappa shape index (κ3) is 4.71. The molecule has 1 aliphatic heterocycles. The van der Waals surface area contributed by atoms with Crippen molar-refractivity contribution >= 4 is 57.3 Å². The number of thiazole rings is 1. The second kappa shape index (κ2) is 8.77. The van der Waals surface area contributed by atoms with Crippen LogP contribution in [0, 0.1) is 0 Å². The maximum absolute atomic E-state index is 12.7. The number of halogens is 1. The van der Waals surface area contributed by atoms with E-state index in [2.05, 4.69) is 30.8 Å². The van der Waals surface area contributed by atoms with Crippen molar-refractivity contribution < 1.29 is 28.8 Å². The van der Waals surface area contributed by atoms with Crippen molar-refractivity contribution in [2.24, 2.45) is 5.16 Å². The number of β-lactam (4-membered cyclic amide) rings is 1. The van der Waals surface area contributed by atoms with Crippen LogP contribution < -0.4 is 16.0 Å². The molecule has 0 spiro atoms. The van der Waals surface area contributed by atoms with Crippen LogP contribution in [0.5, 0.6) is 0 Å². The number of amides is 3. The lowest BCUT2D eigenvalue weighted by molar-refractivity contribution is -0.153. The number of rotatable bonds is 7. The van der Waals surface area contributed by atoms with E-state index in [-0.39, 0.29) is 27.5 Å². The van der Waals surface area contributed by atoms with Gasteiger partial charge in [-0.15, -0.1) is 0 Å². The summed E-state index contributed by atoms with van der Waals surface area (Å²) in [6.45, 7) is 3.07. The van der Waals surface area contributed by atoms with Crippen LogP contribution in [0.1, 0.15) is 19.5 Å². The Bertz CT molecular complexity index is 810. The van der Waals surface area contributed by atoms with Crippen LogP contribution in [0.3, 0.4) is 0 Å². The molecule has 2 atom stereocenters. The highest BCUT2D eigenvalue weighted by molar-refractivity contribution is 7.20. The zero-order valence-electron chi connectivity index (χ0n) is 14.5. The second-order valence-corrected chi connectivity index (χ2v) is 6.73. The Labute approximate surface area is 162 Å². The Morgan fingerprint density at radius 1 is 1.41 bits per heavy atom. The summed E-state index contributed by atoms with van der Waals surface area (Å²) in [7, 11) is 1.16. The molecule has 0 aromatic carbocycles. The Morgan fingerprint density at radius 3 is 2.67 bits per heavy atom. The topological polar surface area (TPSA) is 148 Å². The predicted molar refractivity (Wildman–Crippen MR) is 95.5 cm³/mol. The smallest absolute Gasteiger partial charge is 0.331 e. The number of oxime groups is 1. The van der Waals surface area contributed by atoms with Gasteiger partial charge >= 0.3 is 5.97 Å². The molecule has 2 rings (SSSR count). The average molecular weight is 418 g/mol. The molecule has 2 heterocycles. The van der Waals surface area contributed by atoms with Gasteiger partial charge in [-0.05, 0) is 6.92 Å². The lowest BCUT2D eigenvalue weighted by Crippen LogP contribution is -2.72. The number of carbonyl (C=O) groups is 4. The van der Waals surface area contributed by atoms with Crippen LogP contribution in [0.4, 0.5) is 5.00 Å². The van der Waals surface area contributed by atoms with Gasteiger partial charge in [-0.2, -0.15) is 0 Å². The third-order valence-corrected chi connectivity index (χ3v) is 4.35. The zero-order valence-corrected chi connectivity index (χ0v) is 16.1. The number of hydrogen-bond donors (Lipinski definition) is 3. The van der Waals surface area contributed by atoms with Crippen molar-refractivity contribution in [1.82, 2.24) is 15.6 Å². The van der Waals surface area contributed by atoms with E-state index >= 15 is 0 Å². The van der Waals surface area contributed by atoms with E-state index in [0.717, 1.165) is 18.4 Å². The van der Waals surface area contributed by atoms with Crippen LogP contribution in [-0.2, 0) is 28.8 Å². The second-order valence-electron chi connectivity index (χ2n) is 5.14. The highest BCUT2D eigenvalue weighted by Crippen LogP contribution is 2.29. The minimum Gasteiger partial charge on any atom is -0.467 e. The Morgan fingerprint density at radius 2 is 2.11 bits per heavy atom. The number of aromatic nitrogens is 1. The Kier molecular flexibility index (Phi) is 6.69. The molecule has 13 heteroatoms. The first-order valence-corrected chi connectivity index (χ1v) is 8.81. The number of nitrogens with zero attached hydrogens (tertiary/aromatic N) is 2. The molecule has 3 N–H and O–H groups in total. The molecule has 3 amide bonds. The molecule has 0 saturated carbocycles. The number of esters is 1. The summed E-state index contributed by atoms with van der Waals surface area (Å²) in [5, 5.41) is 11.1. The van der Waals surface area contributed by atoms with Gasteiger partial charge in [0.15, 0.2) is 16.2 Å². The van der Waals surface area contributed by atoms with Crippen molar-refractivity contribution in [3.05, 3.63) is 10.2 Å². The number of anilines is 1. The fourth-order valence-electron chi connectivity index (χ4n) is 2.08. The van der Waals surface area contributed by atoms with E-state index in [1.807, 2.05) is 0 Å². The van der Waals surface area contributed by atoms with E-state index in [1.165, 1.54) is 6.92 Å². The first kappa shape index (κ1) is 20.6. The van der Waals surface area contributed by atoms with Crippen molar-refractivity contribution in [3.8, 4) is 0 Å². The molecule has 1 aromatic heterocycles. The van der Waals surface area contributed by atoms with Crippen molar-refractivity contribution in [1.29, 1.82) is 0 Å². The van der Waals surface area contributed by atoms with Gasteiger partial charge in [0.25, 0.3) is 5.91 Å². The SMILES string of the molecule is CCO/N=C(/C(=O)N[C@H]1C(=O)N[C@H]1C(=O)OC)c1nc(Cl)sc1NC(C)=O. The van der Waals surface area contributed by atoms with Gasteiger partial charge in [0.05, 0.1) is 7.11 Å². The molecule has 1 saturated heterocycles. The summed E-state index contributed by atoms with van der Waals surface area (Å²) < 4.78 is 4.61. The largest absolute Gasteiger partial charge is 0.467 e. The van der Waals surface area contributed by atoms with Crippen LogP contribution in [-0.4, -0.2) is 60.2 Å². The van der Waals surface area contributed by atoms with Gasteiger partial charge in [0, 0.05) is 6.92 Å². The molecule has 0 aliphatic carbocycles. The summed E-state index contributed by atoms with van der Waals surface area (Å²) in [6.07, 6.45) is 0. The van der Waals surface area contributed by atoms with Crippen molar-refractivity contribution in [2.75, 3.05) is 19.0 Å². The van der Waals surface area contributed by atoms with Gasteiger partial charge in [-0.25, -0.2) is 9.78 Å². The fraction of sp³-hybridized carbons (Fsp3) is 0.429. The molecule has 146 valence electrons. The van der Waals surface area contributed by atoms with E-state index in [4.69, 9.17) is 16.4 Å². The number of ether oxygens (including phenoxy) is 1. The Hall–Kier alpha value is -2.73. The van der Waals surface area contributed by atoms with Crippen LogP contribution in [0.15, 0.2) is 5.16 Å². The lowest BCUT2D eigenvalue weighted by Gasteiger charge is -2.34. The summed E-state index contributed by atoms with van der Waals surface area (Å²) in [4.78, 5) is 56.2. The summed E-state index contributed by atoms with van der Waals surface area (Å²) in [5.41, 5.74) is -0.340. The number of hydrogen-bond acceptors (Lipinski definition) is 9. The van der Waals surface area contributed by atoms with Gasteiger partial charge in [0.1, 0.15) is 23.3 Å². The van der Waals surface area contributed by atoms with Gasteiger partial charge in [0.2, 0.25) is 11.8 Å². The maximum atomic E-state index is 12.7. The maximum Gasteiger partial charge on any atom is 0.331 e. The Balaban J connectivity index is 2.29. The van der Waals surface area contributed by atoms with Gasteiger partial charge in [-0.1, -0.05) is 28.1 Å². The van der Waals surface area contributed by atoms with E-state index < -0.39 is 35.8 Å². The first-order valence-electron chi connectivity index (χ1n) is 7.61. The van der Waals surface area contributed by atoms with Gasteiger partial charge < -0.3 is 25.5 Å². The predicted octanol–water partition coefficient (Wildman–Crippen LogP) is -0.348. The molecule has 0 bridgehead atoms. The number of carbonyl (C=O) groups excluding carboxylic acids is 4. The van der Waals surface area contributed by atoms with Crippen molar-refractivity contribution in [3.63, 3.8) is 0 Å². The van der Waals surface area contributed by atoms with E-state index in [1.54, 1.807) is 6.92 Å². The van der Waals surface area contributed by atoms with E-state index in [0.29, 0.717) is 0 Å². The molecular formula is C14H16ClN5O6S. The van der Waals surface area contributed by atoms with E-state index in [9.17, 15) is 19.2 Å². The minimum atomic E-state index is -1.14. The highest BCUT2D eigenvalue weighted by Gasteiger charge is 2.46. The summed E-state index contributed by atoms with van der Waals surface area (Å²) >= 11 is 6.81. The number of nitrogens with one attached hydrogen (secondary N) is 3. The van der Waals surface area contributed by atoms with Crippen LogP contribution in [0.2, 0.25) is 4.47 Å². The number of methoxy groups -OCH3 is 1. The lowest BCUT2D eigenvalue weighted by atomic mass is 9.98. The molecule has 1 aromatic rings. The third-order valence-electron chi connectivity index (χ3n) is 3.27. The average Bonchev–Trinajstić information content (AvgIpc) is 2.96. The first-order chi connectivity index (χ1) is 12.8. The molecule has 1 fully saturated rings. The van der Waals surface area contributed by atoms with Gasteiger partial charge in [-0.3, -0.25) is 14.4 Å². The standard InChI is InChI=1S/C14H16ClN5O6S/c1-4-26-20-7(8-12(16-5(2)21)27-14(15)19-8)11(23)17-6-9(13(24)25-3)18-10(6)22/h6,9H,4H2,1-3H3,(H,16,21)(H,17,23)(H,18,22)/b20-7+/t6-,9-/m1/s1. The zero-order chi connectivity index (χ0) is 20.1. The van der Waals surface area contributed by atoms with Crippen LogP contribution in [0.25, 0.3) is 0 Å². The van der Waals surface area contributed by atoms with Crippen molar-refractivity contribution in [2.45, 2.75) is 25.9 Å².